The van der Waals surface area contributed by atoms with Gasteiger partial charge in [-0.1, -0.05) is 33.6 Å². The fraction of sp³-hybridized carbons (Fsp3) is 0.0714. The molecule has 0 unspecified atom stereocenters. The van der Waals surface area contributed by atoms with Crippen LogP contribution in [-0.2, 0) is 0 Å². The summed E-state index contributed by atoms with van der Waals surface area (Å²) in [6, 6.07) is 10.9. The molecule has 2 aromatic carbocycles. The van der Waals surface area contributed by atoms with Crippen LogP contribution in [0.15, 0.2) is 40.9 Å². The van der Waals surface area contributed by atoms with E-state index in [9.17, 15) is 4.79 Å². The van der Waals surface area contributed by atoms with Crippen molar-refractivity contribution in [2.24, 2.45) is 0 Å². The van der Waals surface area contributed by atoms with Crippen molar-refractivity contribution < 1.29 is 4.79 Å². The molecule has 0 atom stereocenters. The Hall–Kier alpha value is -0.590. The first-order valence-corrected chi connectivity index (χ1v) is 7.75. The highest BCUT2D eigenvalue weighted by atomic mass is 127. The van der Waals surface area contributed by atoms with Crippen molar-refractivity contribution >= 4 is 61.7 Å². The normalized spacial score (nSPS) is 10.3. The molecule has 0 bridgehead atoms. The Morgan fingerprint density at radius 3 is 2.74 bits per heavy atom. The van der Waals surface area contributed by atoms with Gasteiger partial charge >= 0.3 is 0 Å². The third kappa shape index (κ3) is 3.49. The van der Waals surface area contributed by atoms with Crippen LogP contribution in [0.3, 0.4) is 0 Å². The van der Waals surface area contributed by atoms with Crippen LogP contribution in [0.2, 0.25) is 5.02 Å². The molecule has 0 aliphatic rings. The Morgan fingerprint density at radius 1 is 1.32 bits per heavy atom. The van der Waals surface area contributed by atoms with E-state index in [4.69, 9.17) is 11.6 Å². The molecule has 2 nitrogen and oxygen atoms in total. The molecule has 0 spiro atoms. The zero-order valence-corrected chi connectivity index (χ0v) is 14.5. The smallest absolute Gasteiger partial charge is 0.255 e. The van der Waals surface area contributed by atoms with Gasteiger partial charge in [-0.25, -0.2) is 0 Å². The summed E-state index contributed by atoms with van der Waals surface area (Å²) in [5, 5.41) is 3.47. The molecule has 1 amide bonds. The largest absolute Gasteiger partial charge is 0.322 e. The van der Waals surface area contributed by atoms with E-state index in [1.165, 1.54) is 0 Å². The second-order valence-electron chi connectivity index (χ2n) is 4.00. The van der Waals surface area contributed by atoms with E-state index in [1.807, 2.05) is 31.2 Å². The van der Waals surface area contributed by atoms with Gasteiger partial charge in [-0.15, -0.1) is 0 Å². The summed E-state index contributed by atoms with van der Waals surface area (Å²) < 4.78 is 1.89. The fourth-order valence-electron chi connectivity index (χ4n) is 1.57. The van der Waals surface area contributed by atoms with E-state index in [0.717, 1.165) is 19.3 Å². The lowest BCUT2D eigenvalue weighted by Crippen LogP contribution is -2.12. The number of carbonyl (C=O) groups excluding carboxylic acids is 1. The third-order valence-electron chi connectivity index (χ3n) is 2.70. The van der Waals surface area contributed by atoms with Gasteiger partial charge in [0.25, 0.3) is 5.91 Å². The van der Waals surface area contributed by atoms with Crippen molar-refractivity contribution in [3.8, 4) is 0 Å². The minimum Gasteiger partial charge on any atom is -0.322 e. The topological polar surface area (TPSA) is 29.1 Å². The van der Waals surface area contributed by atoms with E-state index in [0.29, 0.717) is 10.6 Å². The number of hydrogen-bond donors (Lipinski definition) is 1. The van der Waals surface area contributed by atoms with Crippen LogP contribution in [0.5, 0.6) is 0 Å². The lowest BCUT2D eigenvalue weighted by molar-refractivity contribution is 0.102. The Balaban J connectivity index is 2.26. The Morgan fingerprint density at radius 2 is 2.05 bits per heavy atom. The predicted molar refractivity (Wildman–Crippen MR) is 91.0 cm³/mol. The maximum absolute atomic E-state index is 12.2. The molecule has 0 aliphatic carbocycles. The number of rotatable bonds is 2. The molecule has 19 heavy (non-hydrogen) atoms. The number of nitrogens with one attached hydrogen (secondary N) is 1. The zero-order valence-electron chi connectivity index (χ0n) is 10.0. The monoisotopic (exact) mass is 449 g/mol. The van der Waals surface area contributed by atoms with Crippen LogP contribution in [0.1, 0.15) is 15.9 Å². The lowest BCUT2D eigenvalue weighted by atomic mass is 10.1. The van der Waals surface area contributed by atoms with Crippen LogP contribution in [0.4, 0.5) is 5.69 Å². The molecular weight excluding hydrogens is 440 g/mol. The van der Waals surface area contributed by atoms with Gasteiger partial charge in [0.15, 0.2) is 0 Å². The Bertz CT molecular complexity index is 645. The average Bonchev–Trinajstić information content (AvgIpc) is 2.38. The van der Waals surface area contributed by atoms with Gasteiger partial charge in [0, 0.05) is 19.3 Å². The van der Waals surface area contributed by atoms with E-state index in [-0.39, 0.29) is 5.91 Å². The van der Waals surface area contributed by atoms with Crippen molar-refractivity contribution in [2.45, 2.75) is 6.92 Å². The molecular formula is C14H10BrClINO. The lowest BCUT2D eigenvalue weighted by Gasteiger charge is -2.10. The molecule has 0 radical (unpaired) electrons. The highest BCUT2D eigenvalue weighted by Crippen LogP contribution is 2.25. The van der Waals surface area contributed by atoms with Crippen molar-refractivity contribution in [1.29, 1.82) is 0 Å². The number of carbonyl (C=O) groups is 1. The molecule has 2 rings (SSSR count). The zero-order chi connectivity index (χ0) is 14.0. The quantitative estimate of drug-likeness (QED) is 0.621. The first kappa shape index (κ1) is 14.8. The van der Waals surface area contributed by atoms with Gasteiger partial charge < -0.3 is 5.32 Å². The van der Waals surface area contributed by atoms with Crippen LogP contribution in [0, 0.1) is 10.5 Å². The van der Waals surface area contributed by atoms with E-state index in [1.54, 1.807) is 12.1 Å². The van der Waals surface area contributed by atoms with Crippen LogP contribution < -0.4 is 5.32 Å². The van der Waals surface area contributed by atoms with Crippen molar-refractivity contribution in [2.75, 3.05) is 5.32 Å². The number of benzene rings is 2. The van der Waals surface area contributed by atoms with Crippen LogP contribution in [-0.4, -0.2) is 5.91 Å². The molecule has 0 saturated heterocycles. The van der Waals surface area contributed by atoms with Crippen LogP contribution >= 0.6 is 50.1 Å². The van der Waals surface area contributed by atoms with Gasteiger partial charge in [0.2, 0.25) is 0 Å². The number of amides is 1. The average molecular weight is 451 g/mol. The standard InChI is InChI=1S/C14H10BrClINO/c1-8-10(15)3-2-4-13(8)18-14(19)9-5-6-12(17)11(16)7-9/h2-7H,1H3,(H,18,19). The minimum absolute atomic E-state index is 0.167. The molecule has 2 aromatic rings. The summed E-state index contributed by atoms with van der Waals surface area (Å²) in [5.41, 5.74) is 2.33. The number of hydrogen-bond acceptors (Lipinski definition) is 1. The van der Waals surface area contributed by atoms with Gasteiger partial charge in [-0.2, -0.15) is 0 Å². The predicted octanol–water partition coefficient (Wildman–Crippen LogP) is 5.27. The first-order valence-electron chi connectivity index (χ1n) is 5.50. The van der Waals surface area contributed by atoms with Crippen LogP contribution in [0.25, 0.3) is 0 Å². The SMILES string of the molecule is Cc1c(Br)cccc1NC(=O)c1ccc(I)c(Cl)c1. The summed E-state index contributed by atoms with van der Waals surface area (Å²) in [5.74, 6) is -0.167. The minimum atomic E-state index is -0.167. The Labute approximate surface area is 138 Å². The van der Waals surface area contributed by atoms with E-state index in [2.05, 4.69) is 43.8 Å². The summed E-state index contributed by atoms with van der Waals surface area (Å²) in [7, 11) is 0. The molecule has 5 heteroatoms. The molecule has 0 aromatic heterocycles. The van der Waals surface area contributed by atoms with Gasteiger partial charge in [-0.05, 0) is 65.4 Å². The molecule has 1 N–H and O–H groups in total. The molecule has 0 saturated carbocycles. The molecule has 0 aliphatic heterocycles. The van der Waals surface area contributed by atoms with Gasteiger partial charge in [-0.3, -0.25) is 4.79 Å². The van der Waals surface area contributed by atoms with Crippen molar-refractivity contribution in [3.05, 3.63) is 60.6 Å². The fourth-order valence-corrected chi connectivity index (χ4v) is 2.46. The molecule has 0 fully saturated rings. The van der Waals surface area contributed by atoms with E-state index < -0.39 is 0 Å². The molecule has 0 heterocycles. The Kier molecular flexibility index (Phi) is 4.86. The van der Waals surface area contributed by atoms with Crippen molar-refractivity contribution in [3.63, 3.8) is 0 Å². The van der Waals surface area contributed by atoms with E-state index >= 15 is 0 Å². The number of halogens is 3. The summed E-state index contributed by atoms with van der Waals surface area (Å²) in [6.45, 7) is 1.95. The highest BCUT2D eigenvalue weighted by molar-refractivity contribution is 14.1. The summed E-state index contributed by atoms with van der Waals surface area (Å²) in [6.07, 6.45) is 0. The maximum Gasteiger partial charge on any atom is 0.255 e. The molecule has 98 valence electrons. The maximum atomic E-state index is 12.2. The van der Waals surface area contributed by atoms with Gasteiger partial charge in [0.1, 0.15) is 0 Å². The first-order chi connectivity index (χ1) is 8.99. The second kappa shape index (κ2) is 6.24. The summed E-state index contributed by atoms with van der Waals surface area (Å²) >= 11 is 11.6. The second-order valence-corrected chi connectivity index (χ2v) is 6.42. The number of anilines is 1. The van der Waals surface area contributed by atoms with Gasteiger partial charge in [0.05, 0.1) is 5.02 Å². The highest BCUT2D eigenvalue weighted by Gasteiger charge is 2.10. The van der Waals surface area contributed by atoms with Crippen molar-refractivity contribution in [1.82, 2.24) is 0 Å². The summed E-state index contributed by atoms with van der Waals surface area (Å²) in [4.78, 5) is 12.2. The third-order valence-corrected chi connectivity index (χ3v) is 5.13.